The fourth-order valence-corrected chi connectivity index (χ4v) is 3.90. The highest BCUT2D eigenvalue weighted by molar-refractivity contribution is 5.95. The van der Waals surface area contributed by atoms with Crippen LogP contribution in [0.1, 0.15) is 30.9 Å². The summed E-state index contributed by atoms with van der Waals surface area (Å²) in [5.74, 6) is 0.0527. The molecule has 8 heteroatoms. The van der Waals surface area contributed by atoms with Crippen LogP contribution in [0.3, 0.4) is 0 Å². The molecule has 1 aliphatic rings. The van der Waals surface area contributed by atoms with Crippen molar-refractivity contribution >= 4 is 16.7 Å². The molecule has 4 rings (SSSR count). The number of fused-ring (bicyclic) bond motifs is 1. The van der Waals surface area contributed by atoms with Gasteiger partial charge in [-0.25, -0.2) is 4.39 Å². The average molecular weight is 375 g/mol. The van der Waals surface area contributed by atoms with E-state index in [0.29, 0.717) is 52.4 Å². The molecule has 1 aliphatic heterocycles. The number of aliphatic hydroxyl groups excluding tert-OH is 1. The molecule has 3 aromatic rings. The molecule has 0 spiro atoms. The third-order valence-corrected chi connectivity index (χ3v) is 4.93. The van der Waals surface area contributed by atoms with Crippen molar-refractivity contribution in [1.29, 1.82) is 0 Å². The Labute approximate surface area is 155 Å². The second-order valence-electron chi connectivity index (χ2n) is 7.13. The van der Waals surface area contributed by atoms with Gasteiger partial charge in [-0.2, -0.15) is 0 Å². The standard InChI is InChI=1S/C19H22FN3O4/c1-9-6-23(7-10(2)25-9)18-13(8-24)5-14-17(22-27-19(14)16(18)20)15-11(3)21-26-12(15)4/h5,9-10,24H,6-8H2,1-4H3. The molecule has 3 heterocycles. The number of hydrogen-bond acceptors (Lipinski definition) is 7. The first kappa shape index (κ1) is 17.9. The molecule has 0 amide bonds. The Balaban J connectivity index is 1.90. The van der Waals surface area contributed by atoms with Crippen molar-refractivity contribution in [2.45, 2.75) is 46.5 Å². The topological polar surface area (TPSA) is 84.8 Å². The number of hydrogen-bond donors (Lipinski definition) is 1. The fraction of sp³-hybridized carbons (Fsp3) is 0.474. The molecule has 1 fully saturated rings. The summed E-state index contributed by atoms with van der Waals surface area (Å²) in [6.45, 7) is 8.22. The van der Waals surface area contributed by atoms with E-state index >= 15 is 4.39 Å². The Morgan fingerprint density at radius 1 is 1.19 bits per heavy atom. The molecular weight excluding hydrogens is 353 g/mol. The number of anilines is 1. The van der Waals surface area contributed by atoms with Crippen LogP contribution < -0.4 is 4.90 Å². The number of nitrogens with zero attached hydrogens (tertiary/aromatic N) is 3. The zero-order valence-corrected chi connectivity index (χ0v) is 15.7. The molecule has 1 saturated heterocycles. The van der Waals surface area contributed by atoms with E-state index in [4.69, 9.17) is 13.8 Å². The summed E-state index contributed by atoms with van der Waals surface area (Å²) >= 11 is 0. The molecule has 1 N–H and O–H groups in total. The fourth-order valence-electron chi connectivity index (χ4n) is 3.90. The maximum Gasteiger partial charge on any atom is 0.205 e. The summed E-state index contributed by atoms with van der Waals surface area (Å²) in [5, 5.41) is 18.4. The molecule has 144 valence electrons. The molecule has 2 atom stereocenters. The van der Waals surface area contributed by atoms with Gasteiger partial charge in [0, 0.05) is 18.7 Å². The van der Waals surface area contributed by atoms with Gasteiger partial charge in [0.05, 0.1) is 41.1 Å². The first-order valence-electron chi connectivity index (χ1n) is 8.96. The number of ether oxygens (including phenoxy) is 1. The van der Waals surface area contributed by atoms with Crippen molar-refractivity contribution in [3.8, 4) is 11.3 Å². The van der Waals surface area contributed by atoms with Gasteiger partial charge < -0.3 is 23.8 Å². The van der Waals surface area contributed by atoms with Crippen molar-refractivity contribution < 1.29 is 23.3 Å². The van der Waals surface area contributed by atoms with Gasteiger partial charge in [0.1, 0.15) is 11.5 Å². The number of benzene rings is 1. The first-order chi connectivity index (χ1) is 12.9. The maximum atomic E-state index is 15.4. The van der Waals surface area contributed by atoms with Crippen LogP contribution in [-0.2, 0) is 11.3 Å². The predicted molar refractivity (Wildman–Crippen MR) is 97.1 cm³/mol. The third kappa shape index (κ3) is 2.89. The third-order valence-electron chi connectivity index (χ3n) is 4.93. The van der Waals surface area contributed by atoms with Gasteiger partial charge in [0.25, 0.3) is 0 Å². The molecule has 2 aromatic heterocycles. The van der Waals surface area contributed by atoms with Gasteiger partial charge >= 0.3 is 0 Å². The van der Waals surface area contributed by atoms with Gasteiger partial charge in [-0.3, -0.25) is 0 Å². The van der Waals surface area contributed by atoms with Gasteiger partial charge in [0.15, 0.2) is 5.82 Å². The number of aryl methyl sites for hydroxylation is 2. The minimum Gasteiger partial charge on any atom is -0.392 e. The smallest absolute Gasteiger partial charge is 0.205 e. The van der Waals surface area contributed by atoms with Crippen LogP contribution >= 0.6 is 0 Å². The summed E-state index contributed by atoms with van der Waals surface area (Å²) in [6, 6.07) is 1.73. The molecule has 7 nitrogen and oxygen atoms in total. The van der Waals surface area contributed by atoms with Gasteiger partial charge in [-0.15, -0.1) is 0 Å². The van der Waals surface area contributed by atoms with Crippen LogP contribution in [0.25, 0.3) is 22.2 Å². The van der Waals surface area contributed by atoms with Crippen molar-refractivity contribution in [2.75, 3.05) is 18.0 Å². The van der Waals surface area contributed by atoms with E-state index < -0.39 is 5.82 Å². The van der Waals surface area contributed by atoms with Crippen LogP contribution in [0.4, 0.5) is 10.1 Å². The first-order valence-corrected chi connectivity index (χ1v) is 8.96. The predicted octanol–water partition coefficient (Wildman–Crippen LogP) is 3.34. The Bertz CT molecular complexity index is 967. The van der Waals surface area contributed by atoms with Crippen LogP contribution in [-0.4, -0.2) is 40.7 Å². The van der Waals surface area contributed by atoms with Crippen molar-refractivity contribution in [1.82, 2.24) is 10.3 Å². The van der Waals surface area contributed by atoms with Crippen LogP contribution in [0, 0.1) is 19.7 Å². The highest BCUT2D eigenvalue weighted by atomic mass is 19.1. The molecule has 1 aromatic carbocycles. The Morgan fingerprint density at radius 3 is 2.48 bits per heavy atom. The van der Waals surface area contributed by atoms with E-state index in [2.05, 4.69) is 10.3 Å². The van der Waals surface area contributed by atoms with E-state index in [1.165, 1.54) is 0 Å². The lowest BCUT2D eigenvalue weighted by atomic mass is 10.0. The maximum absolute atomic E-state index is 15.4. The van der Waals surface area contributed by atoms with E-state index in [1.807, 2.05) is 18.7 Å². The molecule has 0 radical (unpaired) electrons. The quantitative estimate of drug-likeness (QED) is 0.751. The molecule has 27 heavy (non-hydrogen) atoms. The van der Waals surface area contributed by atoms with Crippen molar-refractivity contribution in [3.05, 3.63) is 28.9 Å². The Morgan fingerprint density at radius 2 is 1.89 bits per heavy atom. The molecular formula is C19H22FN3O4. The van der Waals surface area contributed by atoms with Gasteiger partial charge in [-0.1, -0.05) is 10.3 Å². The second kappa shape index (κ2) is 6.61. The summed E-state index contributed by atoms with van der Waals surface area (Å²) in [4.78, 5) is 1.90. The normalized spacial score (nSPS) is 20.6. The zero-order valence-electron chi connectivity index (χ0n) is 15.7. The lowest BCUT2D eigenvalue weighted by Gasteiger charge is -2.37. The Hall–Kier alpha value is -2.45. The molecule has 2 unspecified atom stereocenters. The monoisotopic (exact) mass is 375 g/mol. The number of aliphatic hydroxyl groups is 1. The largest absolute Gasteiger partial charge is 0.392 e. The summed E-state index contributed by atoms with van der Waals surface area (Å²) in [6.07, 6.45) is -0.0778. The van der Waals surface area contributed by atoms with E-state index in [1.54, 1.807) is 19.9 Å². The highest BCUT2D eigenvalue weighted by Crippen LogP contribution is 2.39. The molecule has 0 aliphatic carbocycles. The number of aromatic nitrogens is 2. The second-order valence-corrected chi connectivity index (χ2v) is 7.13. The van der Waals surface area contributed by atoms with Crippen LogP contribution in [0.15, 0.2) is 15.1 Å². The minimum atomic E-state index is -0.525. The average Bonchev–Trinajstić information content (AvgIpc) is 3.16. The van der Waals surface area contributed by atoms with Crippen molar-refractivity contribution in [3.63, 3.8) is 0 Å². The number of rotatable bonds is 3. The summed E-state index contributed by atoms with van der Waals surface area (Å²) in [5.41, 5.74) is 2.67. The number of morpholine rings is 1. The van der Waals surface area contributed by atoms with Crippen LogP contribution in [0.2, 0.25) is 0 Å². The number of halogens is 1. The highest BCUT2D eigenvalue weighted by Gasteiger charge is 2.30. The molecule has 0 bridgehead atoms. The van der Waals surface area contributed by atoms with Crippen LogP contribution in [0.5, 0.6) is 0 Å². The minimum absolute atomic E-state index is 0.0389. The Kier molecular flexibility index (Phi) is 4.39. The molecule has 0 saturated carbocycles. The van der Waals surface area contributed by atoms with E-state index in [-0.39, 0.29) is 24.4 Å². The van der Waals surface area contributed by atoms with Crippen molar-refractivity contribution in [2.24, 2.45) is 0 Å². The zero-order chi connectivity index (χ0) is 19.3. The van der Waals surface area contributed by atoms with Gasteiger partial charge in [-0.05, 0) is 33.8 Å². The lowest BCUT2D eigenvalue weighted by Crippen LogP contribution is -2.46. The van der Waals surface area contributed by atoms with E-state index in [9.17, 15) is 5.11 Å². The lowest BCUT2D eigenvalue weighted by molar-refractivity contribution is -0.00549. The summed E-state index contributed by atoms with van der Waals surface area (Å²) < 4.78 is 31.7. The summed E-state index contributed by atoms with van der Waals surface area (Å²) in [7, 11) is 0. The van der Waals surface area contributed by atoms with Gasteiger partial charge in [0.2, 0.25) is 5.58 Å². The SMILES string of the molecule is Cc1noc(C)c1-c1noc2c(F)c(N3CC(C)OC(C)C3)c(CO)cc12. The van der Waals surface area contributed by atoms with E-state index in [0.717, 1.165) is 0 Å².